The first-order valence-electron chi connectivity index (χ1n) is 4.70. The predicted octanol–water partition coefficient (Wildman–Crippen LogP) is 1.16. The van der Waals surface area contributed by atoms with Crippen LogP contribution in [-0.2, 0) is 0 Å². The van der Waals surface area contributed by atoms with Crippen LogP contribution in [0.5, 0.6) is 0 Å². The van der Waals surface area contributed by atoms with Crippen LogP contribution < -0.4 is 5.73 Å². The highest BCUT2D eigenvalue weighted by molar-refractivity contribution is 7.98. The van der Waals surface area contributed by atoms with Crippen LogP contribution in [0.4, 0.5) is 0 Å². The third-order valence-electron chi connectivity index (χ3n) is 2.75. The zero-order valence-electron chi connectivity index (χ0n) is 8.12. The summed E-state index contributed by atoms with van der Waals surface area (Å²) in [7, 11) is 2.20. The molecule has 0 aromatic rings. The monoisotopic (exact) mass is 188 g/mol. The summed E-state index contributed by atoms with van der Waals surface area (Å²) in [6.07, 6.45) is 5.98. The van der Waals surface area contributed by atoms with Gasteiger partial charge in [0.15, 0.2) is 0 Å². The molecule has 0 aromatic heterocycles. The van der Waals surface area contributed by atoms with Crippen LogP contribution in [0.15, 0.2) is 0 Å². The molecule has 2 N–H and O–H groups in total. The average Bonchev–Trinajstić information content (AvgIpc) is 2.47. The molecule has 1 aliphatic rings. The van der Waals surface area contributed by atoms with E-state index in [1.54, 1.807) is 0 Å². The summed E-state index contributed by atoms with van der Waals surface area (Å²) in [5.74, 6) is 1.22. The van der Waals surface area contributed by atoms with Gasteiger partial charge in [0, 0.05) is 24.4 Å². The Balaban J connectivity index is 2.25. The van der Waals surface area contributed by atoms with Crippen LogP contribution >= 0.6 is 11.8 Å². The molecule has 0 heterocycles. The molecule has 1 rings (SSSR count). The molecule has 12 heavy (non-hydrogen) atoms. The molecule has 0 amide bonds. The molecule has 72 valence electrons. The van der Waals surface area contributed by atoms with Crippen molar-refractivity contribution in [2.45, 2.75) is 31.3 Å². The van der Waals surface area contributed by atoms with Crippen LogP contribution in [0, 0.1) is 0 Å². The highest BCUT2D eigenvalue weighted by atomic mass is 32.2. The molecule has 3 heteroatoms. The number of thioether (sulfide) groups is 1. The number of rotatable bonds is 4. The largest absolute Gasteiger partial charge is 0.326 e. The van der Waals surface area contributed by atoms with Gasteiger partial charge in [0.25, 0.3) is 0 Å². The smallest absolute Gasteiger partial charge is 0.0244 e. The predicted molar refractivity (Wildman–Crippen MR) is 56.6 cm³/mol. The van der Waals surface area contributed by atoms with Crippen LogP contribution in [-0.4, -0.2) is 42.6 Å². The first-order chi connectivity index (χ1) is 5.75. The minimum Gasteiger partial charge on any atom is -0.326 e. The Hall–Kier alpha value is 0.270. The maximum absolute atomic E-state index is 6.00. The highest BCUT2D eigenvalue weighted by Crippen LogP contribution is 2.21. The van der Waals surface area contributed by atoms with E-state index in [-0.39, 0.29) is 0 Å². The van der Waals surface area contributed by atoms with Gasteiger partial charge in [-0.05, 0) is 26.1 Å². The van der Waals surface area contributed by atoms with Gasteiger partial charge in [0.1, 0.15) is 0 Å². The molecule has 0 bridgehead atoms. The SMILES string of the molecule is CSCCN(C)C1CCCC1N. The minimum absolute atomic E-state index is 0.428. The van der Waals surface area contributed by atoms with Gasteiger partial charge >= 0.3 is 0 Å². The molecule has 2 atom stereocenters. The molecular weight excluding hydrogens is 168 g/mol. The lowest BCUT2D eigenvalue weighted by atomic mass is 10.1. The minimum atomic E-state index is 0.428. The second kappa shape index (κ2) is 5.10. The summed E-state index contributed by atoms with van der Waals surface area (Å²) in [4.78, 5) is 2.42. The van der Waals surface area contributed by atoms with Gasteiger partial charge < -0.3 is 10.6 Å². The van der Waals surface area contributed by atoms with Crippen molar-refractivity contribution in [3.8, 4) is 0 Å². The van der Waals surface area contributed by atoms with E-state index in [2.05, 4.69) is 18.2 Å². The normalized spacial score (nSPS) is 30.0. The quantitative estimate of drug-likeness (QED) is 0.718. The van der Waals surface area contributed by atoms with Gasteiger partial charge in [-0.1, -0.05) is 6.42 Å². The van der Waals surface area contributed by atoms with Crippen molar-refractivity contribution in [3.05, 3.63) is 0 Å². The van der Waals surface area contributed by atoms with Crippen LogP contribution in [0.2, 0.25) is 0 Å². The lowest BCUT2D eigenvalue weighted by molar-refractivity contribution is 0.242. The van der Waals surface area contributed by atoms with Crippen molar-refractivity contribution >= 4 is 11.8 Å². The molecular formula is C9H20N2S. The maximum Gasteiger partial charge on any atom is 0.0244 e. The molecule has 0 saturated heterocycles. The van der Waals surface area contributed by atoms with Crippen molar-refractivity contribution in [2.24, 2.45) is 5.73 Å². The van der Waals surface area contributed by atoms with E-state index in [0.29, 0.717) is 12.1 Å². The number of likely N-dealkylation sites (N-methyl/N-ethyl adjacent to an activating group) is 1. The molecule has 2 unspecified atom stereocenters. The Morgan fingerprint density at radius 3 is 2.75 bits per heavy atom. The Kier molecular flexibility index (Phi) is 4.40. The zero-order chi connectivity index (χ0) is 8.97. The molecule has 0 aromatic carbocycles. The molecule has 0 aliphatic heterocycles. The molecule has 0 spiro atoms. The molecule has 2 nitrogen and oxygen atoms in total. The van der Waals surface area contributed by atoms with Gasteiger partial charge in [-0.2, -0.15) is 11.8 Å². The van der Waals surface area contributed by atoms with E-state index in [1.807, 2.05) is 11.8 Å². The first-order valence-corrected chi connectivity index (χ1v) is 6.10. The molecule has 1 aliphatic carbocycles. The Labute approximate surface area is 79.9 Å². The second-order valence-electron chi connectivity index (χ2n) is 3.64. The first kappa shape index (κ1) is 10.4. The van der Waals surface area contributed by atoms with Crippen molar-refractivity contribution in [2.75, 3.05) is 25.6 Å². The van der Waals surface area contributed by atoms with E-state index in [1.165, 1.54) is 31.6 Å². The lowest BCUT2D eigenvalue weighted by Crippen LogP contribution is -2.43. The second-order valence-corrected chi connectivity index (χ2v) is 4.62. The third-order valence-corrected chi connectivity index (χ3v) is 3.34. The summed E-state index contributed by atoms with van der Waals surface area (Å²) in [6.45, 7) is 1.18. The fraction of sp³-hybridized carbons (Fsp3) is 1.00. The van der Waals surface area contributed by atoms with Crippen LogP contribution in [0.3, 0.4) is 0 Å². The van der Waals surface area contributed by atoms with E-state index in [9.17, 15) is 0 Å². The van der Waals surface area contributed by atoms with Crippen LogP contribution in [0.1, 0.15) is 19.3 Å². The summed E-state index contributed by atoms with van der Waals surface area (Å²) in [5.41, 5.74) is 6.00. The molecule has 1 saturated carbocycles. The Morgan fingerprint density at radius 2 is 2.25 bits per heavy atom. The topological polar surface area (TPSA) is 29.3 Å². The standard InChI is InChI=1S/C9H20N2S/c1-11(6-7-12-2)9-5-3-4-8(9)10/h8-9H,3-7,10H2,1-2H3. The fourth-order valence-corrected chi connectivity index (χ4v) is 2.39. The lowest BCUT2D eigenvalue weighted by Gasteiger charge is -2.27. The van der Waals surface area contributed by atoms with E-state index >= 15 is 0 Å². The Bertz CT molecular complexity index is 130. The summed E-state index contributed by atoms with van der Waals surface area (Å²) in [6, 6.07) is 1.08. The number of nitrogens with zero attached hydrogens (tertiary/aromatic N) is 1. The highest BCUT2D eigenvalue weighted by Gasteiger charge is 2.26. The summed E-state index contributed by atoms with van der Waals surface area (Å²) >= 11 is 1.91. The van der Waals surface area contributed by atoms with E-state index < -0.39 is 0 Å². The van der Waals surface area contributed by atoms with Crippen molar-refractivity contribution < 1.29 is 0 Å². The van der Waals surface area contributed by atoms with Gasteiger partial charge in [0.05, 0.1) is 0 Å². The van der Waals surface area contributed by atoms with E-state index in [0.717, 1.165) is 0 Å². The number of nitrogens with two attached hydrogens (primary N) is 1. The Morgan fingerprint density at radius 1 is 1.50 bits per heavy atom. The van der Waals surface area contributed by atoms with Gasteiger partial charge in [0.2, 0.25) is 0 Å². The average molecular weight is 188 g/mol. The van der Waals surface area contributed by atoms with Crippen molar-refractivity contribution in [1.29, 1.82) is 0 Å². The third kappa shape index (κ3) is 2.64. The van der Waals surface area contributed by atoms with Gasteiger partial charge in [-0.15, -0.1) is 0 Å². The van der Waals surface area contributed by atoms with Crippen LogP contribution in [0.25, 0.3) is 0 Å². The van der Waals surface area contributed by atoms with E-state index in [4.69, 9.17) is 5.73 Å². The fourth-order valence-electron chi connectivity index (χ4n) is 1.92. The summed E-state index contributed by atoms with van der Waals surface area (Å²) in [5, 5.41) is 0. The van der Waals surface area contributed by atoms with Crippen molar-refractivity contribution in [1.82, 2.24) is 4.90 Å². The molecule has 1 fully saturated rings. The van der Waals surface area contributed by atoms with Crippen molar-refractivity contribution in [3.63, 3.8) is 0 Å². The number of hydrogen-bond acceptors (Lipinski definition) is 3. The summed E-state index contributed by atoms with van der Waals surface area (Å²) < 4.78 is 0. The van der Waals surface area contributed by atoms with Gasteiger partial charge in [-0.25, -0.2) is 0 Å². The maximum atomic E-state index is 6.00. The number of hydrogen-bond donors (Lipinski definition) is 1. The van der Waals surface area contributed by atoms with Gasteiger partial charge in [-0.3, -0.25) is 0 Å². The zero-order valence-corrected chi connectivity index (χ0v) is 8.94. The molecule has 0 radical (unpaired) electrons.